The highest BCUT2D eigenvalue weighted by Gasteiger charge is 2.31. The van der Waals surface area contributed by atoms with Gasteiger partial charge in [-0.05, 0) is 18.6 Å². The first-order valence-corrected chi connectivity index (χ1v) is 12.0. The molecule has 4 rings (SSSR count). The molecule has 0 N–H and O–H groups in total. The van der Waals surface area contributed by atoms with E-state index in [2.05, 4.69) is 25.1 Å². The van der Waals surface area contributed by atoms with Gasteiger partial charge in [0.25, 0.3) is 0 Å². The van der Waals surface area contributed by atoms with Crippen LogP contribution in [0.3, 0.4) is 0 Å². The number of fused-ring (bicyclic) bond motifs is 1. The lowest BCUT2D eigenvalue weighted by Gasteiger charge is -2.27. The second-order valence-corrected chi connectivity index (χ2v) is 9.59. The molecule has 1 aliphatic heterocycles. The molecule has 0 bridgehead atoms. The summed E-state index contributed by atoms with van der Waals surface area (Å²) in [7, 11) is -3.48. The van der Waals surface area contributed by atoms with Gasteiger partial charge in [0.05, 0.1) is 17.3 Å². The van der Waals surface area contributed by atoms with Crippen molar-refractivity contribution in [1.82, 2.24) is 19.9 Å². The second kappa shape index (κ2) is 8.44. The second-order valence-electron chi connectivity index (χ2n) is 6.66. The summed E-state index contributed by atoms with van der Waals surface area (Å²) in [5.41, 5.74) is 2.51. The van der Waals surface area contributed by atoms with Gasteiger partial charge < -0.3 is 4.84 Å². The number of thiazole rings is 1. The van der Waals surface area contributed by atoms with Crippen LogP contribution in [0, 0.1) is 0 Å². The van der Waals surface area contributed by atoms with Crippen molar-refractivity contribution in [2.45, 2.75) is 19.8 Å². The highest BCUT2D eigenvalue weighted by molar-refractivity contribution is 7.92. The SMILES string of the molecule is CCCO/N=C1\CCN(S(C)(=O)=O)c2ncc(-c3cnc(-c4cccnc4)s3)nc21. The number of rotatable bonds is 6. The van der Waals surface area contributed by atoms with Crippen LogP contribution in [0.5, 0.6) is 0 Å². The molecule has 0 fully saturated rings. The van der Waals surface area contributed by atoms with E-state index in [-0.39, 0.29) is 12.4 Å². The van der Waals surface area contributed by atoms with E-state index < -0.39 is 10.0 Å². The summed E-state index contributed by atoms with van der Waals surface area (Å²) >= 11 is 1.46. The van der Waals surface area contributed by atoms with Gasteiger partial charge in [0.1, 0.15) is 28.7 Å². The number of hydrogen-bond acceptors (Lipinski definition) is 9. The molecule has 3 aromatic heterocycles. The molecule has 0 spiro atoms. The van der Waals surface area contributed by atoms with Gasteiger partial charge in [-0.3, -0.25) is 9.29 Å². The van der Waals surface area contributed by atoms with Gasteiger partial charge in [-0.15, -0.1) is 11.3 Å². The highest BCUT2D eigenvalue weighted by atomic mass is 32.2. The minimum Gasteiger partial charge on any atom is -0.396 e. The van der Waals surface area contributed by atoms with Crippen LogP contribution in [0.2, 0.25) is 0 Å². The molecule has 0 saturated heterocycles. The average molecular weight is 445 g/mol. The zero-order chi connectivity index (χ0) is 21.1. The number of oxime groups is 1. The maximum Gasteiger partial charge on any atom is 0.233 e. The summed E-state index contributed by atoms with van der Waals surface area (Å²) in [5, 5.41) is 5.01. The van der Waals surface area contributed by atoms with Gasteiger partial charge in [-0.25, -0.2) is 23.4 Å². The van der Waals surface area contributed by atoms with Crippen molar-refractivity contribution in [3.8, 4) is 21.1 Å². The monoisotopic (exact) mass is 444 g/mol. The highest BCUT2D eigenvalue weighted by Crippen LogP contribution is 2.33. The number of aromatic nitrogens is 4. The normalized spacial score (nSPS) is 15.3. The summed E-state index contributed by atoms with van der Waals surface area (Å²) < 4.78 is 25.7. The Morgan fingerprint density at radius 3 is 2.87 bits per heavy atom. The van der Waals surface area contributed by atoms with E-state index in [1.54, 1.807) is 24.8 Å². The summed E-state index contributed by atoms with van der Waals surface area (Å²) in [6.45, 7) is 2.72. The first kappa shape index (κ1) is 20.4. The molecule has 4 heterocycles. The molecule has 0 amide bonds. The van der Waals surface area contributed by atoms with Crippen molar-refractivity contribution in [1.29, 1.82) is 0 Å². The first-order valence-electron chi connectivity index (χ1n) is 9.38. The standard InChI is InChI=1S/C19H20N6O3S2/c1-3-9-28-24-14-6-8-25(30(2,26)27)18-17(14)23-15(11-21-18)16-12-22-19(29-16)13-5-4-7-20-10-13/h4-5,7,10-12H,3,6,8-9H2,1-2H3/b24-14+. The number of pyridine rings is 1. The fourth-order valence-corrected chi connectivity index (χ4v) is 4.68. The van der Waals surface area contributed by atoms with Crippen molar-refractivity contribution in [3.63, 3.8) is 0 Å². The smallest absolute Gasteiger partial charge is 0.233 e. The third kappa shape index (κ3) is 4.17. The molecule has 3 aromatic rings. The molecule has 0 aromatic carbocycles. The first-order chi connectivity index (χ1) is 14.5. The average Bonchev–Trinajstić information content (AvgIpc) is 3.24. The molecular formula is C19H20N6O3S2. The van der Waals surface area contributed by atoms with Crippen molar-refractivity contribution < 1.29 is 13.3 Å². The Morgan fingerprint density at radius 2 is 2.13 bits per heavy atom. The quantitative estimate of drug-likeness (QED) is 0.424. The lowest BCUT2D eigenvalue weighted by atomic mass is 10.1. The summed E-state index contributed by atoms with van der Waals surface area (Å²) in [6.07, 6.45) is 9.13. The van der Waals surface area contributed by atoms with E-state index in [4.69, 9.17) is 4.84 Å². The molecule has 30 heavy (non-hydrogen) atoms. The minimum atomic E-state index is -3.48. The Balaban J connectivity index is 1.75. The van der Waals surface area contributed by atoms with Gasteiger partial charge in [-0.1, -0.05) is 12.1 Å². The van der Waals surface area contributed by atoms with Crippen LogP contribution < -0.4 is 4.31 Å². The van der Waals surface area contributed by atoms with Gasteiger partial charge >= 0.3 is 0 Å². The third-order valence-corrected chi connectivity index (χ3v) is 6.58. The van der Waals surface area contributed by atoms with Crippen LogP contribution in [0.25, 0.3) is 21.1 Å². The Kier molecular flexibility index (Phi) is 5.73. The fraction of sp³-hybridized carbons (Fsp3) is 0.316. The summed E-state index contributed by atoms with van der Waals surface area (Å²) in [5.74, 6) is 0.267. The van der Waals surface area contributed by atoms with E-state index in [1.807, 2.05) is 19.1 Å². The maximum absolute atomic E-state index is 12.2. The third-order valence-electron chi connectivity index (χ3n) is 4.35. The fourth-order valence-electron chi connectivity index (χ4n) is 2.95. The van der Waals surface area contributed by atoms with Crippen molar-refractivity contribution >= 4 is 32.9 Å². The van der Waals surface area contributed by atoms with Gasteiger partial charge in [-0.2, -0.15) is 0 Å². The molecular weight excluding hydrogens is 424 g/mol. The van der Waals surface area contributed by atoms with Crippen LogP contribution >= 0.6 is 11.3 Å². The molecule has 1 aliphatic rings. The minimum absolute atomic E-state index is 0.250. The van der Waals surface area contributed by atoms with E-state index >= 15 is 0 Å². The molecule has 0 saturated carbocycles. The van der Waals surface area contributed by atoms with Crippen LogP contribution in [-0.2, 0) is 14.9 Å². The van der Waals surface area contributed by atoms with E-state index in [0.717, 1.165) is 28.1 Å². The van der Waals surface area contributed by atoms with Gasteiger partial charge in [0.15, 0.2) is 5.82 Å². The molecule has 9 nitrogen and oxygen atoms in total. The number of sulfonamides is 1. The van der Waals surface area contributed by atoms with E-state index in [1.165, 1.54) is 15.6 Å². The van der Waals surface area contributed by atoms with E-state index in [9.17, 15) is 8.42 Å². The van der Waals surface area contributed by atoms with Crippen LogP contribution in [0.4, 0.5) is 5.82 Å². The van der Waals surface area contributed by atoms with Gasteiger partial charge in [0, 0.05) is 37.1 Å². The number of anilines is 1. The topological polar surface area (TPSA) is 111 Å². The molecule has 0 unspecified atom stereocenters. The van der Waals surface area contributed by atoms with E-state index in [0.29, 0.717) is 30.1 Å². The number of hydrogen-bond donors (Lipinski definition) is 0. The van der Waals surface area contributed by atoms with Crippen molar-refractivity contribution in [2.24, 2.45) is 5.16 Å². The van der Waals surface area contributed by atoms with Crippen LogP contribution in [0.15, 0.2) is 42.1 Å². The zero-order valence-electron chi connectivity index (χ0n) is 16.5. The number of nitrogens with zero attached hydrogens (tertiary/aromatic N) is 6. The largest absolute Gasteiger partial charge is 0.396 e. The lowest BCUT2D eigenvalue weighted by Crippen LogP contribution is -2.38. The Labute approximate surface area is 178 Å². The van der Waals surface area contributed by atoms with Crippen molar-refractivity contribution in [2.75, 3.05) is 23.7 Å². The molecule has 0 radical (unpaired) electrons. The lowest BCUT2D eigenvalue weighted by molar-refractivity contribution is 0.144. The van der Waals surface area contributed by atoms with Crippen molar-refractivity contribution in [3.05, 3.63) is 42.6 Å². The Bertz CT molecular complexity index is 1180. The molecule has 156 valence electrons. The summed E-state index contributed by atoms with van der Waals surface area (Å²) in [4.78, 5) is 23.8. The van der Waals surface area contributed by atoms with Crippen LogP contribution in [-0.4, -0.2) is 53.5 Å². The summed E-state index contributed by atoms with van der Waals surface area (Å²) in [6, 6.07) is 3.79. The Hall–Kier alpha value is -2.92. The van der Waals surface area contributed by atoms with Crippen LogP contribution in [0.1, 0.15) is 25.5 Å². The molecule has 0 aliphatic carbocycles. The Morgan fingerprint density at radius 1 is 1.27 bits per heavy atom. The zero-order valence-corrected chi connectivity index (χ0v) is 18.2. The predicted octanol–water partition coefficient (Wildman–Crippen LogP) is 2.96. The maximum atomic E-state index is 12.2. The molecule has 0 atom stereocenters. The van der Waals surface area contributed by atoms with Gasteiger partial charge in [0.2, 0.25) is 10.0 Å². The predicted molar refractivity (Wildman–Crippen MR) is 116 cm³/mol. The molecule has 11 heteroatoms.